The van der Waals surface area contributed by atoms with E-state index in [0.29, 0.717) is 19.0 Å². The van der Waals surface area contributed by atoms with Gasteiger partial charge in [-0.1, -0.05) is 13.3 Å². The summed E-state index contributed by atoms with van der Waals surface area (Å²) < 4.78 is 29.3. The summed E-state index contributed by atoms with van der Waals surface area (Å²) in [5.74, 6) is 0.417. The maximum absolute atomic E-state index is 12.4. The summed E-state index contributed by atoms with van der Waals surface area (Å²) in [5.41, 5.74) is 0. The van der Waals surface area contributed by atoms with Crippen LogP contribution >= 0.6 is 0 Å². The molecule has 2 atom stereocenters. The molecular weight excluding hydrogens is 262 g/mol. The molecule has 5 nitrogen and oxygen atoms in total. The van der Waals surface area contributed by atoms with Gasteiger partial charge in [0.15, 0.2) is 0 Å². The zero-order valence-electron chi connectivity index (χ0n) is 11.7. The zero-order valence-corrected chi connectivity index (χ0v) is 12.5. The summed E-state index contributed by atoms with van der Waals surface area (Å²) >= 11 is 0. The van der Waals surface area contributed by atoms with E-state index in [-0.39, 0.29) is 6.04 Å². The minimum Gasteiger partial charge on any atom is -0.298 e. The fraction of sp³-hybridized carbons (Fsp3) is 1.00. The second-order valence-electron chi connectivity index (χ2n) is 6.35. The fourth-order valence-electron chi connectivity index (χ4n) is 3.27. The van der Waals surface area contributed by atoms with Crippen molar-refractivity contribution in [3.63, 3.8) is 0 Å². The molecule has 1 aliphatic carbocycles. The molecule has 0 unspecified atom stereocenters. The van der Waals surface area contributed by atoms with Crippen molar-refractivity contribution >= 4 is 10.2 Å². The molecule has 6 heteroatoms. The van der Waals surface area contributed by atoms with Crippen molar-refractivity contribution < 1.29 is 8.42 Å². The van der Waals surface area contributed by atoms with Crippen LogP contribution in [-0.4, -0.2) is 55.9 Å². The summed E-state index contributed by atoms with van der Waals surface area (Å²) in [6, 6.07) is 0.819. The van der Waals surface area contributed by atoms with Crippen LogP contribution in [0.15, 0.2) is 0 Å². The lowest BCUT2D eigenvalue weighted by molar-refractivity contribution is 0.313. The van der Waals surface area contributed by atoms with Gasteiger partial charge in [0, 0.05) is 38.3 Å². The monoisotopic (exact) mass is 287 g/mol. The maximum Gasteiger partial charge on any atom is 0.279 e. The van der Waals surface area contributed by atoms with Gasteiger partial charge in [-0.2, -0.15) is 17.4 Å². The molecule has 0 radical (unpaired) electrons. The van der Waals surface area contributed by atoms with Crippen molar-refractivity contribution in [3.05, 3.63) is 0 Å². The second kappa shape index (κ2) is 5.31. The predicted molar refractivity (Wildman–Crippen MR) is 75.0 cm³/mol. The number of nitrogens with zero attached hydrogens (tertiary/aromatic N) is 2. The Hall–Kier alpha value is -0.170. The SMILES string of the molecule is C[C@@H]1CN(C2CC2)C[C@@H]1NS(=O)(=O)N1CCCCC1. The van der Waals surface area contributed by atoms with Crippen LogP contribution < -0.4 is 4.72 Å². The molecule has 3 fully saturated rings. The summed E-state index contributed by atoms with van der Waals surface area (Å²) in [6.07, 6.45) is 5.72. The van der Waals surface area contributed by atoms with E-state index in [9.17, 15) is 8.42 Å². The molecule has 110 valence electrons. The lowest BCUT2D eigenvalue weighted by Gasteiger charge is -2.28. The molecule has 19 heavy (non-hydrogen) atoms. The van der Waals surface area contributed by atoms with E-state index in [1.807, 2.05) is 0 Å². The lowest BCUT2D eigenvalue weighted by Crippen LogP contribution is -2.49. The normalized spacial score (nSPS) is 34.8. The van der Waals surface area contributed by atoms with Gasteiger partial charge in [0.1, 0.15) is 0 Å². The van der Waals surface area contributed by atoms with Crippen LogP contribution in [0.2, 0.25) is 0 Å². The Labute approximate surface area is 116 Å². The molecule has 2 heterocycles. The van der Waals surface area contributed by atoms with Crippen LogP contribution in [0.4, 0.5) is 0 Å². The predicted octanol–water partition coefficient (Wildman–Crippen LogP) is 0.789. The molecule has 3 rings (SSSR count). The van der Waals surface area contributed by atoms with Crippen molar-refractivity contribution in [1.29, 1.82) is 0 Å². The van der Waals surface area contributed by atoms with E-state index in [2.05, 4.69) is 16.5 Å². The van der Waals surface area contributed by atoms with Gasteiger partial charge in [0.2, 0.25) is 0 Å². The first-order chi connectivity index (χ1) is 9.06. The highest BCUT2D eigenvalue weighted by atomic mass is 32.2. The average Bonchev–Trinajstić information content (AvgIpc) is 3.17. The number of likely N-dealkylation sites (tertiary alicyclic amines) is 1. The van der Waals surface area contributed by atoms with E-state index in [0.717, 1.165) is 38.4 Å². The number of hydrogen-bond acceptors (Lipinski definition) is 3. The smallest absolute Gasteiger partial charge is 0.279 e. The second-order valence-corrected chi connectivity index (χ2v) is 8.05. The van der Waals surface area contributed by atoms with Crippen molar-refractivity contribution in [2.24, 2.45) is 5.92 Å². The molecular formula is C13H25N3O2S. The third kappa shape index (κ3) is 3.12. The highest BCUT2D eigenvalue weighted by Crippen LogP contribution is 2.32. The number of rotatable bonds is 4. The van der Waals surface area contributed by atoms with Crippen LogP contribution in [0, 0.1) is 5.92 Å². The molecule has 0 aromatic carbocycles. The van der Waals surface area contributed by atoms with Crippen molar-refractivity contribution in [2.45, 2.75) is 51.1 Å². The van der Waals surface area contributed by atoms with Crippen molar-refractivity contribution in [3.8, 4) is 0 Å². The summed E-state index contributed by atoms with van der Waals surface area (Å²) in [6.45, 7) is 5.45. The summed E-state index contributed by atoms with van der Waals surface area (Å²) in [4.78, 5) is 2.45. The minimum absolute atomic E-state index is 0.0903. The first-order valence-corrected chi connectivity index (χ1v) is 9.02. The quantitative estimate of drug-likeness (QED) is 0.832. The summed E-state index contributed by atoms with van der Waals surface area (Å²) in [7, 11) is -3.27. The Kier molecular flexibility index (Phi) is 3.86. The van der Waals surface area contributed by atoms with Gasteiger partial charge < -0.3 is 0 Å². The molecule has 1 N–H and O–H groups in total. The van der Waals surface area contributed by atoms with Gasteiger partial charge in [-0.25, -0.2) is 0 Å². The molecule has 0 aromatic rings. The topological polar surface area (TPSA) is 52.7 Å². The average molecular weight is 287 g/mol. The highest BCUT2D eigenvalue weighted by molar-refractivity contribution is 7.87. The van der Waals surface area contributed by atoms with Crippen LogP contribution in [0.1, 0.15) is 39.0 Å². The van der Waals surface area contributed by atoms with Gasteiger partial charge in [-0.05, 0) is 31.6 Å². The van der Waals surface area contributed by atoms with Gasteiger partial charge in [0.25, 0.3) is 10.2 Å². The van der Waals surface area contributed by atoms with Crippen LogP contribution in [0.25, 0.3) is 0 Å². The number of hydrogen-bond donors (Lipinski definition) is 1. The Bertz CT molecular complexity index is 416. The first kappa shape index (κ1) is 13.8. The third-order valence-electron chi connectivity index (χ3n) is 4.66. The molecule has 2 aliphatic heterocycles. The van der Waals surface area contributed by atoms with E-state index < -0.39 is 10.2 Å². The molecule has 3 aliphatic rings. The standard InChI is InChI=1S/C13H25N3O2S/c1-11-9-15(12-5-6-12)10-13(11)14-19(17,18)16-7-3-2-4-8-16/h11-14H,2-10H2,1H3/t11-,13+/m1/s1. The Morgan fingerprint density at radius 1 is 1.05 bits per heavy atom. The van der Waals surface area contributed by atoms with E-state index in [4.69, 9.17) is 0 Å². The molecule has 1 saturated carbocycles. The zero-order chi connectivity index (χ0) is 13.5. The van der Waals surface area contributed by atoms with Crippen LogP contribution in [0.3, 0.4) is 0 Å². The largest absolute Gasteiger partial charge is 0.298 e. The van der Waals surface area contributed by atoms with Gasteiger partial charge in [0.05, 0.1) is 0 Å². The van der Waals surface area contributed by atoms with E-state index in [1.54, 1.807) is 4.31 Å². The van der Waals surface area contributed by atoms with Crippen LogP contribution in [0.5, 0.6) is 0 Å². The molecule has 0 bridgehead atoms. The van der Waals surface area contributed by atoms with Crippen LogP contribution in [-0.2, 0) is 10.2 Å². The van der Waals surface area contributed by atoms with Crippen molar-refractivity contribution in [2.75, 3.05) is 26.2 Å². The first-order valence-electron chi connectivity index (χ1n) is 7.58. The number of nitrogens with one attached hydrogen (secondary N) is 1. The lowest BCUT2D eigenvalue weighted by atomic mass is 10.1. The highest BCUT2D eigenvalue weighted by Gasteiger charge is 2.40. The summed E-state index contributed by atoms with van der Waals surface area (Å²) in [5, 5.41) is 0. The molecule has 0 spiro atoms. The molecule has 0 amide bonds. The Morgan fingerprint density at radius 2 is 1.74 bits per heavy atom. The minimum atomic E-state index is -3.27. The Morgan fingerprint density at radius 3 is 2.37 bits per heavy atom. The Balaban J connectivity index is 1.60. The number of piperidine rings is 1. The van der Waals surface area contributed by atoms with E-state index in [1.165, 1.54) is 12.8 Å². The van der Waals surface area contributed by atoms with E-state index >= 15 is 0 Å². The third-order valence-corrected chi connectivity index (χ3v) is 6.30. The van der Waals surface area contributed by atoms with Crippen molar-refractivity contribution in [1.82, 2.24) is 13.9 Å². The van der Waals surface area contributed by atoms with Gasteiger partial charge in [-0.15, -0.1) is 0 Å². The molecule has 2 saturated heterocycles. The maximum atomic E-state index is 12.4. The van der Waals surface area contributed by atoms with Gasteiger partial charge in [-0.3, -0.25) is 4.90 Å². The van der Waals surface area contributed by atoms with Gasteiger partial charge >= 0.3 is 0 Å². The fourth-order valence-corrected chi connectivity index (χ4v) is 4.84. The molecule has 0 aromatic heterocycles.